The van der Waals surface area contributed by atoms with Crippen LogP contribution in [0.5, 0.6) is 0 Å². The first-order valence-corrected chi connectivity index (χ1v) is 7.22. The Morgan fingerprint density at radius 3 is 2.68 bits per heavy atom. The number of hydrogen-bond donors (Lipinski definition) is 1. The van der Waals surface area contributed by atoms with Crippen molar-refractivity contribution in [1.82, 2.24) is 20.2 Å². The lowest BCUT2D eigenvalue weighted by molar-refractivity contribution is 0.0512. The molecule has 2 rings (SSSR count). The summed E-state index contributed by atoms with van der Waals surface area (Å²) < 4.78 is 0. The summed E-state index contributed by atoms with van der Waals surface area (Å²) in [6, 6.07) is 2.45. The van der Waals surface area contributed by atoms with Crippen molar-refractivity contribution in [2.24, 2.45) is 5.92 Å². The molecule has 0 spiro atoms. The summed E-state index contributed by atoms with van der Waals surface area (Å²) >= 11 is 0. The van der Waals surface area contributed by atoms with E-state index in [9.17, 15) is 0 Å². The van der Waals surface area contributed by atoms with E-state index in [0.717, 1.165) is 31.4 Å². The molecule has 1 N–H and O–H groups in total. The van der Waals surface area contributed by atoms with Gasteiger partial charge >= 0.3 is 0 Å². The highest BCUT2D eigenvalue weighted by molar-refractivity contribution is 4.97. The first-order chi connectivity index (χ1) is 8.97. The van der Waals surface area contributed by atoms with Gasteiger partial charge in [-0.3, -0.25) is 4.90 Å². The highest BCUT2D eigenvalue weighted by Crippen LogP contribution is 2.22. The molecule has 0 aromatic carbocycles. The second kappa shape index (κ2) is 5.97. The van der Waals surface area contributed by atoms with Crippen LogP contribution < -0.4 is 5.32 Å². The quantitative estimate of drug-likeness (QED) is 0.902. The number of nitrogens with one attached hydrogen (secondary N) is 1. The molecule has 0 aliphatic carbocycles. The van der Waals surface area contributed by atoms with Crippen LogP contribution in [-0.4, -0.2) is 39.5 Å². The lowest BCUT2D eigenvalue weighted by atomic mass is 9.93. The van der Waals surface area contributed by atoms with Crippen LogP contribution in [-0.2, 0) is 6.54 Å². The molecule has 4 heteroatoms. The van der Waals surface area contributed by atoms with Crippen molar-refractivity contribution >= 4 is 0 Å². The minimum absolute atomic E-state index is 0.159. The van der Waals surface area contributed by atoms with E-state index in [-0.39, 0.29) is 5.54 Å². The summed E-state index contributed by atoms with van der Waals surface area (Å²) in [6.45, 7) is 12.1. The highest BCUT2D eigenvalue weighted by Gasteiger charge is 2.34. The van der Waals surface area contributed by atoms with E-state index in [0.29, 0.717) is 6.04 Å². The third-order valence-corrected chi connectivity index (χ3v) is 3.83. The van der Waals surface area contributed by atoms with Crippen molar-refractivity contribution in [3.8, 4) is 0 Å². The highest BCUT2D eigenvalue weighted by atomic mass is 15.3. The minimum Gasteiger partial charge on any atom is -0.311 e. The van der Waals surface area contributed by atoms with Gasteiger partial charge in [0.2, 0.25) is 0 Å². The van der Waals surface area contributed by atoms with Gasteiger partial charge in [-0.25, -0.2) is 9.97 Å². The van der Waals surface area contributed by atoms with Crippen molar-refractivity contribution < 1.29 is 0 Å². The molecule has 106 valence electrons. The molecule has 4 nitrogen and oxygen atoms in total. The third kappa shape index (κ3) is 3.98. The fourth-order valence-corrected chi connectivity index (χ4v) is 2.67. The molecule has 0 saturated carbocycles. The molecule has 1 aromatic rings. The molecule has 2 heterocycles. The lowest BCUT2D eigenvalue weighted by Crippen LogP contribution is -2.61. The van der Waals surface area contributed by atoms with E-state index in [2.05, 4.69) is 47.9 Å². The SMILES string of the molecule is CC(C)CC1CN(Cc2ncccn2)C(C)(C)CN1. The average Bonchev–Trinajstić information content (AvgIpc) is 2.34. The Labute approximate surface area is 116 Å². The summed E-state index contributed by atoms with van der Waals surface area (Å²) in [5, 5.41) is 3.67. The maximum Gasteiger partial charge on any atom is 0.142 e. The summed E-state index contributed by atoms with van der Waals surface area (Å²) in [6.07, 6.45) is 4.87. The summed E-state index contributed by atoms with van der Waals surface area (Å²) in [5.74, 6) is 1.65. The monoisotopic (exact) mass is 262 g/mol. The molecule has 1 saturated heterocycles. The number of aromatic nitrogens is 2. The van der Waals surface area contributed by atoms with E-state index in [1.165, 1.54) is 6.42 Å². The molecule has 1 unspecified atom stereocenters. The number of piperazine rings is 1. The molecule has 19 heavy (non-hydrogen) atoms. The number of hydrogen-bond acceptors (Lipinski definition) is 4. The van der Waals surface area contributed by atoms with Crippen molar-refractivity contribution in [2.45, 2.75) is 52.2 Å². The summed E-state index contributed by atoms with van der Waals surface area (Å²) in [5.41, 5.74) is 0.159. The van der Waals surface area contributed by atoms with Crippen molar-refractivity contribution in [3.05, 3.63) is 24.3 Å². The Hall–Kier alpha value is -1.00. The molecule has 0 bridgehead atoms. The molecule has 0 radical (unpaired) electrons. The second-order valence-electron chi connectivity index (χ2n) is 6.57. The smallest absolute Gasteiger partial charge is 0.142 e. The molecule has 1 atom stereocenters. The minimum atomic E-state index is 0.159. The Morgan fingerprint density at radius 2 is 2.05 bits per heavy atom. The van der Waals surface area contributed by atoms with E-state index < -0.39 is 0 Å². The maximum atomic E-state index is 4.35. The van der Waals surface area contributed by atoms with Crippen LogP contribution in [0.25, 0.3) is 0 Å². The predicted molar refractivity (Wildman–Crippen MR) is 77.8 cm³/mol. The first kappa shape index (κ1) is 14.4. The van der Waals surface area contributed by atoms with Gasteiger partial charge in [0.05, 0.1) is 6.54 Å². The second-order valence-corrected chi connectivity index (χ2v) is 6.57. The van der Waals surface area contributed by atoms with Gasteiger partial charge in [-0.15, -0.1) is 0 Å². The van der Waals surface area contributed by atoms with Crippen LogP contribution in [0.2, 0.25) is 0 Å². The Balaban J connectivity index is 2.02. The summed E-state index contributed by atoms with van der Waals surface area (Å²) in [7, 11) is 0. The molecular formula is C15H26N4. The topological polar surface area (TPSA) is 41.1 Å². The van der Waals surface area contributed by atoms with Gasteiger partial charge in [-0.2, -0.15) is 0 Å². The fraction of sp³-hybridized carbons (Fsp3) is 0.733. The molecular weight excluding hydrogens is 236 g/mol. The van der Waals surface area contributed by atoms with Crippen LogP contribution in [0, 0.1) is 5.92 Å². The Kier molecular flexibility index (Phi) is 4.53. The van der Waals surface area contributed by atoms with Gasteiger partial charge in [-0.1, -0.05) is 13.8 Å². The zero-order valence-corrected chi connectivity index (χ0v) is 12.6. The molecule has 1 aliphatic heterocycles. The van der Waals surface area contributed by atoms with Crippen LogP contribution in [0.3, 0.4) is 0 Å². The molecule has 1 fully saturated rings. The predicted octanol–water partition coefficient (Wildman–Crippen LogP) is 2.08. The van der Waals surface area contributed by atoms with Crippen LogP contribution >= 0.6 is 0 Å². The van der Waals surface area contributed by atoms with Gasteiger partial charge in [0.25, 0.3) is 0 Å². The number of rotatable bonds is 4. The summed E-state index contributed by atoms with van der Waals surface area (Å²) in [4.78, 5) is 11.2. The zero-order chi connectivity index (χ0) is 13.9. The fourth-order valence-electron chi connectivity index (χ4n) is 2.67. The third-order valence-electron chi connectivity index (χ3n) is 3.83. The van der Waals surface area contributed by atoms with E-state index >= 15 is 0 Å². The van der Waals surface area contributed by atoms with Gasteiger partial charge in [0.1, 0.15) is 5.82 Å². The Morgan fingerprint density at radius 1 is 1.37 bits per heavy atom. The number of nitrogens with zero attached hydrogens (tertiary/aromatic N) is 3. The van der Waals surface area contributed by atoms with Crippen molar-refractivity contribution in [2.75, 3.05) is 13.1 Å². The molecule has 1 aromatic heterocycles. The van der Waals surface area contributed by atoms with Crippen molar-refractivity contribution in [3.63, 3.8) is 0 Å². The molecule has 1 aliphatic rings. The average molecular weight is 262 g/mol. The van der Waals surface area contributed by atoms with Gasteiger partial charge < -0.3 is 5.32 Å². The largest absolute Gasteiger partial charge is 0.311 e. The first-order valence-electron chi connectivity index (χ1n) is 7.22. The van der Waals surface area contributed by atoms with Crippen LogP contribution in [0.15, 0.2) is 18.5 Å². The maximum absolute atomic E-state index is 4.35. The van der Waals surface area contributed by atoms with Crippen LogP contribution in [0.4, 0.5) is 0 Å². The lowest BCUT2D eigenvalue weighted by Gasteiger charge is -2.46. The van der Waals surface area contributed by atoms with E-state index in [1.54, 1.807) is 0 Å². The normalized spacial score (nSPS) is 23.7. The van der Waals surface area contributed by atoms with E-state index in [4.69, 9.17) is 0 Å². The van der Waals surface area contributed by atoms with E-state index in [1.807, 2.05) is 18.5 Å². The van der Waals surface area contributed by atoms with Crippen LogP contribution in [0.1, 0.15) is 39.9 Å². The molecule has 0 amide bonds. The van der Waals surface area contributed by atoms with Gasteiger partial charge in [-0.05, 0) is 32.3 Å². The standard InChI is InChI=1S/C15H26N4/c1-12(2)8-13-9-19(15(3,4)11-18-13)10-14-16-6-5-7-17-14/h5-7,12-13,18H,8-11H2,1-4H3. The van der Waals surface area contributed by atoms with Gasteiger partial charge in [0, 0.05) is 37.1 Å². The van der Waals surface area contributed by atoms with Crippen molar-refractivity contribution in [1.29, 1.82) is 0 Å². The van der Waals surface area contributed by atoms with Gasteiger partial charge in [0.15, 0.2) is 0 Å². The Bertz CT molecular complexity index is 388. The zero-order valence-electron chi connectivity index (χ0n) is 12.6.